The third-order valence-corrected chi connectivity index (χ3v) is 3.49. The van der Waals surface area contributed by atoms with Crippen molar-refractivity contribution < 1.29 is 4.74 Å². The monoisotopic (exact) mass is 226 g/mol. The van der Waals surface area contributed by atoms with Crippen molar-refractivity contribution in [3.05, 3.63) is 16.1 Å². The fourth-order valence-electron chi connectivity index (χ4n) is 1.87. The van der Waals surface area contributed by atoms with Gasteiger partial charge in [-0.3, -0.25) is 0 Å². The smallest absolute Gasteiger partial charge is 0.0898 e. The third kappa shape index (κ3) is 3.55. The topological polar surface area (TPSA) is 34.1 Å². The molecule has 0 spiro atoms. The summed E-state index contributed by atoms with van der Waals surface area (Å²) in [6.07, 6.45) is 2.58. The van der Waals surface area contributed by atoms with Crippen LogP contribution >= 0.6 is 11.3 Å². The van der Waals surface area contributed by atoms with Gasteiger partial charge >= 0.3 is 0 Å². The molecule has 1 aliphatic rings. The van der Waals surface area contributed by atoms with E-state index >= 15 is 0 Å². The number of piperidine rings is 1. The first-order valence-corrected chi connectivity index (χ1v) is 6.42. The standard InChI is InChI=1S/C11H18N2OS/c1-9-13-11(8-15-9)7-14-6-10-3-2-4-12-5-10/h8,10,12H,2-7H2,1H3. The van der Waals surface area contributed by atoms with Crippen LogP contribution in [0.4, 0.5) is 0 Å². The zero-order valence-electron chi connectivity index (χ0n) is 9.16. The van der Waals surface area contributed by atoms with Crippen LogP contribution in [0.1, 0.15) is 23.5 Å². The van der Waals surface area contributed by atoms with Crippen LogP contribution in [0.3, 0.4) is 0 Å². The average molecular weight is 226 g/mol. The van der Waals surface area contributed by atoms with E-state index in [0.29, 0.717) is 12.5 Å². The van der Waals surface area contributed by atoms with Crippen LogP contribution in [-0.2, 0) is 11.3 Å². The van der Waals surface area contributed by atoms with E-state index in [4.69, 9.17) is 4.74 Å². The Labute approximate surface area is 94.9 Å². The van der Waals surface area contributed by atoms with Crippen molar-refractivity contribution in [1.29, 1.82) is 0 Å². The number of ether oxygens (including phenoxy) is 1. The number of nitrogens with one attached hydrogen (secondary N) is 1. The van der Waals surface area contributed by atoms with Gasteiger partial charge in [-0.15, -0.1) is 11.3 Å². The van der Waals surface area contributed by atoms with Crippen molar-refractivity contribution in [2.24, 2.45) is 5.92 Å². The molecular weight excluding hydrogens is 208 g/mol. The minimum absolute atomic E-state index is 0.667. The highest BCUT2D eigenvalue weighted by atomic mass is 32.1. The number of hydrogen-bond donors (Lipinski definition) is 1. The van der Waals surface area contributed by atoms with Gasteiger partial charge in [-0.05, 0) is 32.2 Å². The lowest BCUT2D eigenvalue weighted by Gasteiger charge is -2.22. The Morgan fingerprint density at radius 2 is 2.60 bits per heavy atom. The average Bonchev–Trinajstić information content (AvgIpc) is 2.66. The van der Waals surface area contributed by atoms with Crippen LogP contribution in [0.15, 0.2) is 5.38 Å². The van der Waals surface area contributed by atoms with E-state index in [1.165, 1.54) is 19.4 Å². The predicted molar refractivity (Wildman–Crippen MR) is 62.1 cm³/mol. The normalized spacial score (nSPS) is 21.8. The fourth-order valence-corrected chi connectivity index (χ4v) is 2.47. The molecule has 1 fully saturated rings. The molecule has 0 bridgehead atoms. The van der Waals surface area contributed by atoms with Crippen LogP contribution in [0.5, 0.6) is 0 Å². The van der Waals surface area contributed by atoms with E-state index in [2.05, 4.69) is 15.7 Å². The number of rotatable bonds is 4. The molecule has 0 aromatic carbocycles. The summed E-state index contributed by atoms with van der Waals surface area (Å²) in [5.41, 5.74) is 1.07. The van der Waals surface area contributed by atoms with E-state index in [0.717, 1.165) is 23.9 Å². The number of nitrogens with zero attached hydrogens (tertiary/aromatic N) is 1. The first-order valence-electron chi connectivity index (χ1n) is 5.54. The lowest BCUT2D eigenvalue weighted by molar-refractivity contribution is 0.0766. The number of aromatic nitrogens is 1. The maximum atomic E-state index is 5.68. The van der Waals surface area contributed by atoms with Gasteiger partial charge in [0, 0.05) is 11.9 Å². The second kappa shape index (κ2) is 5.58. The Bertz CT molecular complexity index is 295. The summed E-state index contributed by atoms with van der Waals surface area (Å²) in [6, 6.07) is 0. The van der Waals surface area contributed by atoms with Crippen molar-refractivity contribution in [2.75, 3.05) is 19.7 Å². The van der Waals surface area contributed by atoms with Gasteiger partial charge < -0.3 is 10.1 Å². The van der Waals surface area contributed by atoms with E-state index in [1.807, 2.05) is 6.92 Å². The molecular formula is C11H18N2OS. The van der Waals surface area contributed by atoms with E-state index in [9.17, 15) is 0 Å². The molecule has 3 nitrogen and oxygen atoms in total. The summed E-state index contributed by atoms with van der Waals surface area (Å²) >= 11 is 1.69. The van der Waals surface area contributed by atoms with Crippen molar-refractivity contribution in [1.82, 2.24) is 10.3 Å². The molecule has 1 aromatic heterocycles. The quantitative estimate of drug-likeness (QED) is 0.852. The van der Waals surface area contributed by atoms with E-state index < -0.39 is 0 Å². The summed E-state index contributed by atoms with van der Waals surface area (Å²) in [4.78, 5) is 4.37. The molecule has 1 aliphatic heterocycles. The molecule has 1 N–H and O–H groups in total. The second-order valence-electron chi connectivity index (χ2n) is 4.09. The van der Waals surface area contributed by atoms with Crippen molar-refractivity contribution >= 4 is 11.3 Å². The maximum Gasteiger partial charge on any atom is 0.0898 e. The Hall–Kier alpha value is -0.450. The highest BCUT2D eigenvalue weighted by Crippen LogP contribution is 2.12. The Morgan fingerprint density at radius 3 is 3.27 bits per heavy atom. The Kier molecular flexibility index (Phi) is 4.11. The molecule has 1 atom stereocenters. The predicted octanol–water partition coefficient (Wildman–Crippen LogP) is 1.97. The first kappa shape index (κ1) is 11.0. The summed E-state index contributed by atoms with van der Waals surface area (Å²) in [5.74, 6) is 0.693. The van der Waals surface area contributed by atoms with Gasteiger partial charge in [0.2, 0.25) is 0 Å². The molecule has 0 aliphatic carbocycles. The number of thiazole rings is 1. The minimum atomic E-state index is 0.667. The summed E-state index contributed by atoms with van der Waals surface area (Å²) < 4.78 is 5.68. The lowest BCUT2D eigenvalue weighted by Crippen LogP contribution is -2.32. The third-order valence-electron chi connectivity index (χ3n) is 2.67. The van der Waals surface area contributed by atoms with Gasteiger partial charge in [-0.2, -0.15) is 0 Å². The van der Waals surface area contributed by atoms with Gasteiger partial charge in [0.1, 0.15) is 0 Å². The summed E-state index contributed by atoms with van der Waals surface area (Å²) in [6.45, 7) is 5.83. The highest BCUT2D eigenvalue weighted by molar-refractivity contribution is 7.09. The zero-order chi connectivity index (χ0) is 10.5. The van der Waals surface area contributed by atoms with Gasteiger partial charge in [-0.1, -0.05) is 0 Å². The Morgan fingerprint density at radius 1 is 1.67 bits per heavy atom. The lowest BCUT2D eigenvalue weighted by atomic mass is 10.0. The minimum Gasteiger partial charge on any atom is -0.375 e. The molecule has 0 radical (unpaired) electrons. The van der Waals surface area contributed by atoms with Crippen molar-refractivity contribution in [3.63, 3.8) is 0 Å². The first-order chi connectivity index (χ1) is 7.34. The molecule has 2 rings (SSSR count). The molecule has 1 unspecified atom stereocenters. The highest BCUT2D eigenvalue weighted by Gasteiger charge is 2.12. The molecule has 1 aromatic rings. The van der Waals surface area contributed by atoms with Gasteiger partial charge in [0.25, 0.3) is 0 Å². The van der Waals surface area contributed by atoms with Gasteiger partial charge in [0.15, 0.2) is 0 Å². The number of aryl methyl sites for hydroxylation is 1. The van der Waals surface area contributed by atoms with Gasteiger partial charge in [-0.25, -0.2) is 4.98 Å². The van der Waals surface area contributed by atoms with Crippen LogP contribution in [0, 0.1) is 12.8 Å². The summed E-state index contributed by atoms with van der Waals surface area (Å²) in [7, 11) is 0. The van der Waals surface area contributed by atoms with Gasteiger partial charge in [0.05, 0.1) is 23.9 Å². The molecule has 1 saturated heterocycles. The van der Waals surface area contributed by atoms with Crippen LogP contribution in [-0.4, -0.2) is 24.7 Å². The second-order valence-corrected chi connectivity index (χ2v) is 5.15. The molecule has 15 heavy (non-hydrogen) atoms. The van der Waals surface area contributed by atoms with Crippen LogP contribution in [0.25, 0.3) is 0 Å². The Balaban J connectivity index is 1.65. The van der Waals surface area contributed by atoms with Crippen molar-refractivity contribution in [2.45, 2.75) is 26.4 Å². The largest absolute Gasteiger partial charge is 0.375 e. The number of hydrogen-bond acceptors (Lipinski definition) is 4. The van der Waals surface area contributed by atoms with Crippen LogP contribution < -0.4 is 5.32 Å². The summed E-state index contributed by atoms with van der Waals surface area (Å²) in [5, 5.41) is 6.59. The molecule has 4 heteroatoms. The SMILES string of the molecule is Cc1nc(COCC2CCCNC2)cs1. The van der Waals surface area contributed by atoms with E-state index in [-0.39, 0.29) is 0 Å². The molecule has 0 amide bonds. The fraction of sp³-hybridized carbons (Fsp3) is 0.727. The molecule has 84 valence electrons. The van der Waals surface area contributed by atoms with Crippen molar-refractivity contribution in [3.8, 4) is 0 Å². The maximum absolute atomic E-state index is 5.68. The zero-order valence-corrected chi connectivity index (χ0v) is 9.98. The molecule has 2 heterocycles. The molecule has 0 saturated carbocycles. The van der Waals surface area contributed by atoms with Crippen LogP contribution in [0.2, 0.25) is 0 Å². The van der Waals surface area contributed by atoms with E-state index in [1.54, 1.807) is 11.3 Å².